The summed E-state index contributed by atoms with van der Waals surface area (Å²) < 4.78 is 42.2. The van der Waals surface area contributed by atoms with Crippen molar-refractivity contribution in [3.63, 3.8) is 0 Å². The van der Waals surface area contributed by atoms with Crippen molar-refractivity contribution < 1.29 is 115 Å². The summed E-state index contributed by atoms with van der Waals surface area (Å²) in [6.07, 6.45) is 0.991. The van der Waals surface area contributed by atoms with Crippen LogP contribution in [0.4, 0.5) is 34.1 Å². The molecule has 0 saturated carbocycles. The zero-order valence-electron chi connectivity index (χ0n) is 50.9. The zero-order valence-corrected chi connectivity index (χ0v) is 50.9. The number of anilines is 6. The highest BCUT2D eigenvalue weighted by Crippen LogP contribution is 2.29. The van der Waals surface area contributed by atoms with Crippen LogP contribution in [0.3, 0.4) is 0 Å². The average molecular weight is 1260 g/mol. The molecule has 3 aliphatic heterocycles. The number of nitrogens with one attached hydrogen (secondary N) is 5. The first kappa shape index (κ1) is 75.6. The van der Waals surface area contributed by atoms with E-state index < -0.39 is 83.3 Å². The molecule has 0 saturated heterocycles. The summed E-state index contributed by atoms with van der Waals surface area (Å²) >= 11 is 0. The lowest BCUT2D eigenvalue weighted by atomic mass is 10.1. The van der Waals surface area contributed by atoms with E-state index in [4.69, 9.17) is 34.5 Å². The standard InChI is InChI=1S/C20H22N2O8.C16H18N2O6.C10H16O6.C8H8N2O.C6H10O3/c1-4-28-19(26)16(20(27)30-8-7-29-18(25)11(2)3)17(24)21-13-6-5-12-9-15(23)22-14(12)10-13;1-3-23-15(21)13(16(22)24-4-2)14(20)17-10-6-5-9-7-12(19)18-11(9)8-10;1-4-14-8(11)7(9(12)15-5-2)10(13)16-6-3;9-6-2-1-5-3-8(11)10-7(5)4-6;1-5(2)6(8)9-4-3-7/h5-6,10,16H,2,4,7-9H2,1,3H3,(H,21,24)(H,22,23);5-6,8,13H,3-4,7H2,1-2H3,(H,17,20)(H,18,19);7H,4-6H2,1-3H3;1-2,4H,3,9H2,(H,10,11);7H,1,3-4H2,2H3. The molecule has 0 aromatic heterocycles. The van der Waals surface area contributed by atoms with E-state index in [1.54, 1.807) is 84.0 Å². The highest BCUT2D eigenvalue weighted by molar-refractivity contribution is 6.19. The summed E-state index contributed by atoms with van der Waals surface area (Å²) in [5.74, 6) is -15.4. The Hall–Kier alpha value is -10.5. The lowest BCUT2D eigenvalue weighted by molar-refractivity contribution is -0.173. The molecule has 5 amide bonds. The lowest BCUT2D eigenvalue weighted by Gasteiger charge is -2.15. The largest absolute Gasteiger partial charge is 0.465 e. The smallest absolute Gasteiger partial charge is 0.333 e. The van der Waals surface area contributed by atoms with Gasteiger partial charge in [-0.05, 0) is 108 Å². The fourth-order valence-corrected chi connectivity index (χ4v) is 7.25. The Morgan fingerprint density at radius 2 is 0.733 bits per heavy atom. The maximum atomic E-state index is 12.6. The summed E-state index contributed by atoms with van der Waals surface area (Å²) in [6.45, 7) is 18.7. The average Bonchev–Trinajstić information content (AvgIpc) is 2.06. The van der Waals surface area contributed by atoms with E-state index in [-0.39, 0.29) is 108 Å². The Kier molecular flexibility index (Phi) is 33.0. The molecule has 3 heterocycles. The van der Waals surface area contributed by atoms with Gasteiger partial charge in [0.1, 0.15) is 19.8 Å². The van der Waals surface area contributed by atoms with Crippen LogP contribution in [-0.2, 0) is 129 Å². The molecular formula is C60H74N6O24. The van der Waals surface area contributed by atoms with Crippen LogP contribution in [0.2, 0.25) is 0 Å². The van der Waals surface area contributed by atoms with Crippen LogP contribution in [0.25, 0.3) is 0 Å². The molecular weight excluding hydrogens is 1190 g/mol. The minimum atomic E-state index is -1.87. The minimum Gasteiger partial charge on any atom is -0.465 e. The molecule has 90 heavy (non-hydrogen) atoms. The molecule has 488 valence electrons. The third-order valence-corrected chi connectivity index (χ3v) is 11.2. The van der Waals surface area contributed by atoms with Gasteiger partial charge in [0.25, 0.3) is 5.92 Å². The van der Waals surface area contributed by atoms with Crippen molar-refractivity contribution in [2.75, 3.05) is 98.4 Å². The van der Waals surface area contributed by atoms with E-state index in [9.17, 15) is 67.1 Å². The molecule has 1 atom stereocenters. The number of hydrogen-bond donors (Lipinski definition) is 7. The monoisotopic (exact) mass is 1260 g/mol. The molecule has 30 heteroatoms. The zero-order chi connectivity index (χ0) is 67.6. The highest BCUT2D eigenvalue weighted by atomic mass is 16.6. The summed E-state index contributed by atoms with van der Waals surface area (Å²) in [7, 11) is 0. The third-order valence-electron chi connectivity index (χ3n) is 11.2. The topological polar surface area (TPSA) is 428 Å². The summed E-state index contributed by atoms with van der Waals surface area (Å²) in [6, 6.07) is 15.0. The molecule has 30 nitrogen and oxygen atoms in total. The molecule has 0 aliphatic carbocycles. The number of aliphatic hydroxyl groups excluding tert-OH is 1. The number of benzene rings is 3. The number of nitrogens with two attached hydrogens (primary N) is 1. The second-order valence-electron chi connectivity index (χ2n) is 18.3. The predicted molar refractivity (Wildman–Crippen MR) is 318 cm³/mol. The van der Waals surface area contributed by atoms with Crippen LogP contribution in [0.5, 0.6) is 0 Å². The van der Waals surface area contributed by atoms with Gasteiger partial charge in [0, 0.05) is 45.3 Å². The van der Waals surface area contributed by atoms with Crippen molar-refractivity contribution in [1.29, 1.82) is 0 Å². The number of hydrogen-bond acceptors (Lipinski definition) is 25. The molecule has 8 N–H and O–H groups in total. The fourth-order valence-electron chi connectivity index (χ4n) is 7.25. The number of esters is 9. The van der Waals surface area contributed by atoms with E-state index in [1.807, 2.05) is 6.07 Å². The van der Waals surface area contributed by atoms with Gasteiger partial charge in [-0.25, -0.2) is 9.59 Å². The number of fused-ring (bicyclic) bond motifs is 3. The van der Waals surface area contributed by atoms with E-state index in [0.717, 1.165) is 22.4 Å². The number of amides is 5. The quantitative estimate of drug-likeness (QED) is 0.0169. The molecule has 0 spiro atoms. The Bertz CT molecular complexity index is 3100. The van der Waals surface area contributed by atoms with Gasteiger partial charge in [0.2, 0.25) is 41.4 Å². The van der Waals surface area contributed by atoms with Gasteiger partial charge in [-0.1, -0.05) is 31.4 Å². The van der Waals surface area contributed by atoms with Gasteiger partial charge >= 0.3 is 53.7 Å². The molecule has 3 aromatic carbocycles. The van der Waals surface area contributed by atoms with E-state index in [0.29, 0.717) is 34.7 Å². The number of carbonyl (C=O) groups is 14. The number of carbonyl (C=O) groups excluding carboxylic acids is 14. The van der Waals surface area contributed by atoms with Crippen LogP contribution >= 0.6 is 0 Å². The van der Waals surface area contributed by atoms with E-state index >= 15 is 0 Å². The number of ether oxygens (including phenoxy) is 9. The van der Waals surface area contributed by atoms with Gasteiger partial charge < -0.3 is 80.1 Å². The summed E-state index contributed by atoms with van der Waals surface area (Å²) in [5, 5.41) is 21.1. The highest BCUT2D eigenvalue weighted by Gasteiger charge is 2.40. The molecule has 6 rings (SSSR count). The van der Waals surface area contributed by atoms with E-state index in [2.05, 4.69) is 58.7 Å². The first-order valence-corrected chi connectivity index (χ1v) is 27.8. The van der Waals surface area contributed by atoms with Gasteiger partial charge in [-0.2, -0.15) is 0 Å². The Morgan fingerprint density at radius 1 is 0.444 bits per heavy atom. The van der Waals surface area contributed by atoms with Crippen molar-refractivity contribution >= 4 is 117 Å². The van der Waals surface area contributed by atoms with E-state index in [1.165, 1.54) is 19.9 Å². The number of rotatable bonds is 24. The van der Waals surface area contributed by atoms with Gasteiger partial charge in [-0.15, -0.1) is 0 Å². The molecule has 0 radical (unpaired) electrons. The second kappa shape index (κ2) is 39.3. The normalized spacial score (nSPS) is 11.9. The van der Waals surface area contributed by atoms with Crippen LogP contribution in [-0.4, -0.2) is 154 Å². The Labute approximate surface area is 517 Å². The van der Waals surface area contributed by atoms with Gasteiger partial charge in [0.05, 0.1) is 65.5 Å². The summed E-state index contributed by atoms with van der Waals surface area (Å²) in [4.78, 5) is 163. The van der Waals surface area contributed by atoms with Crippen molar-refractivity contribution in [2.24, 2.45) is 17.8 Å². The third kappa shape index (κ3) is 25.4. The lowest BCUT2D eigenvalue weighted by Crippen LogP contribution is -2.38. The SMILES string of the molecule is C=C(C)C(=O)OCCO.C=C(C)C(=O)OCCOC(=O)C(C(=O)Nc1ccc2c(c1)NC(=O)C2)C(=O)OCC.CCOC(=O)C(C(=O)Nc1ccc2c(c1)NC(=O)C2)C(=O)OCC.CCOC(=O)C(C(=O)OCC)C(=O)OCC.Nc1ccc2c(c1)NC(=O)C2. The number of aliphatic hydroxyl groups is 1. The van der Waals surface area contributed by atoms with Crippen molar-refractivity contribution in [2.45, 2.75) is 74.7 Å². The first-order chi connectivity index (χ1) is 42.7. The minimum absolute atomic E-state index is 0.0346. The predicted octanol–water partition coefficient (Wildman–Crippen LogP) is 2.98. The Balaban J connectivity index is 0.000000409. The van der Waals surface area contributed by atoms with Crippen molar-refractivity contribution in [1.82, 2.24) is 0 Å². The van der Waals surface area contributed by atoms with Crippen LogP contribution in [0.15, 0.2) is 78.9 Å². The molecule has 3 aromatic rings. The summed E-state index contributed by atoms with van der Waals surface area (Å²) in [5.41, 5.74) is 11.9. The maximum absolute atomic E-state index is 12.6. The molecule has 1 unspecified atom stereocenters. The van der Waals surface area contributed by atoms with Gasteiger partial charge in [-0.3, -0.25) is 57.5 Å². The fraction of sp³-hybridized carbons (Fsp3) is 0.400. The molecule has 0 fully saturated rings. The first-order valence-electron chi connectivity index (χ1n) is 27.8. The van der Waals surface area contributed by atoms with Crippen molar-refractivity contribution in [3.05, 3.63) is 95.6 Å². The van der Waals surface area contributed by atoms with Crippen LogP contribution < -0.4 is 32.3 Å². The second-order valence-corrected chi connectivity index (χ2v) is 18.3. The van der Waals surface area contributed by atoms with Gasteiger partial charge in [0.15, 0.2) is 0 Å². The van der Waals surface area contributed by atoms with Crippen LogP contribution in [0.1, 0.15) is 72.1 Å². The molecule has 3 aliphatic rings. The van der Waals surface area contributed by atoms with Crippen molar-refractivity contribution in [3.8, 4) is 0 Å². The van der Waals surface area contributed by atoms with Crippen LogP contribution in [0, 0.1) is 17.8 Å². The Morgan fingerprint density at radius 3 is 1.06 bits per heavy atom. The maximum Gasteiger partial charge on any atom is 0.333 e. The molecule has 0 bridgehead atoms. The number of nitrogen functional groups attached to an aromatic ring is 1.